The van der Waals surface area contributed by atoms with Gasteiger partial charge in [-0.2, -0.15) is 0 Å². The summed E-state index contributed by atoms with van der Waals surface area (Å²) in [5, 5.41) is 3.03. The number of amides is 1. The molecule has 1 amide bonds. The average Bonchev–Trinajstić information content (AvgIpc) is 3.11. The number of nitrogens with one attached hydrogen (secondary N) is 1. The first-order chi connectivity index (χ1) is 16.4. The summed E-state index contributed by atoms with van der Waals surface area (Å²) in [5.41, 5.74) is 0. The van der Waals surface area contributed by atoms with Crippen LogP contribution in [-0.2, 0) is 27.9 Å². The highest BCUT2D eigenvalue weighted by molar-refractivity contribution is 7.47. The van der Waals surface area contributed by atoms with E-state index in [2.05, 4.69) is 16.8 Å². The monoisotopic (exact) mass is 507 g/mol. The van der Waals surface area contributed by atoms with Gasteiger partial charge in [0.05, 0.1) is 12.6 Å². The molecule has 0 spiro atoms. The van der Waals surface area contributed by atoms with Crippen LogP contribution in [0.5, 0.6) is 0 Å². The lowest BCUT2D eigenvalue weighted by Crippen LogP contribution is -2.44. The van der Waals surface area contributed by atoms with Crippen LogP contribution >= 0.6 is 7.82 Å². The second-order valence-corrected chi connectivity index (χ2v) is 11.1. The van der Waals surface area contributed by atoms with Crippen LogP contribution in [0, 0.1) is 5.92 Å². The summed E-state index contributed by atoms with van der Waals surface area (Å²) in [5.74, 6) is -0.210. The minimum Gasteiger partial charge on any atom is -0.384 e. The topological polar surface area (TPSA) is 103 Å². The third-order valence-electron chi connectivity index (χ3n) is 6.73. The van der Waals surface area contributed by atoms with Crippen molar-refractivity contribution >= 4 is 13.7 Å². The number of phosphoric ester groups is 1. The first kappa shape index (κ1) is 31.5. The van der Waals surface area contributed by atoms with Gasteiger partial charge < -0.3 is 19.7 Å². The molecule has 5 atom stereocenters. The molecule has 1 rings (SSSR count). The third kappa shape index (κ3) is 13.0. The van der Waals surface area contributed by atoms with Crippen molar-refractivity contribution in [1.82, 2.24) is 5.32 Å². The summed E-state index contributed by atoms with van der Waals surface area (Å²) in [6.07, 6.45) is 16.3. The number of carbonyl (C=O) groups is 1. The van der Waals surface area contributed by atoms with Gasteiger partial charge in [0, 0.05) is 33.7 Å². The van der Waals surface area contributed by atoms with Crippen LogP contribution in [0.3, 0.4) is 0 Å². The molecule has 1 aliphatic carbocycles. The molecule has 2 unspecified atom stereocenters. The summed E-state index contributed by atoms with van der Waals surface area (Å²) in [4.78, 5) is 22.3. The van der Waals surface area contributed by atoms with Crippen molar-refractivity contribution in [2.45, 2.75) is 121 Å². The highest BCUT2D eigenvalue weighted by Crippen LogP contribution is 2.48. The Balaban J connectivity index is 2.23. The zero-order valence-electron chi connectivity index (χ0n) is 22.0. The van der Waals surface area contributed by atoms with E-state index in [1.807, 2.05) is 0 Å². The predicted molar refractivity (Wildman–Crippen MR) is 135 cm³/mol. The zero-order chi connectivity index (χ0) is 25.2. The molecule has 0 saturated heterocycles. The molecule has 8 nitrogen and oxygen atoms in total. The maximum atomic E-state index is 12.5. The van der Waals surface area contributed by atoms with Gasteiger partial charge in [-0.1, -0.05) is 84.0 Å². The SMILES string of the molecule is CCCCCCCCCCCCCCCC(=O)N[C@@H]1C[C@H](COC)C(OP(=O)(O)OC)[C@@H]1OC. The molecule has 9 heteroatoms. The molecule has 0 aromatic heterocycles. The quantitative estimate of drug-likeness (QED) is 0.150. The molecule has 0 aliphatic heterocycles. The van der Waals surface area contributed by atoms with Crippen LogP contribution in [0.4, 0.5) is 0 Å². The van der Waals surface area contributed by atoms with E-state index in [1.54, 1.807) is 7.11 Å². The van der Waals surface area contributed by atoms with E-state index in [0.717, 1.165) is 20.0 Å². The second kappa shape index (κ2) is 18.7. The molecule has 202 valence electrons. The number of methoxy groups -OCH3 is 2. The fourth-order valence-corrected chi connectivity index (χ4v) is 5.52. The van der Waals surface area contributed by atoms with E-state index in [9.17, 15) is 14.3 Å². The van der Waals surface area contributed by atoms with Crippen LogP contribution in [0.25, 0.3) is 0 Å². The number of unbranched alkanes of at least 4 members (excludes halogenated alkanes) is 12. The van der Waals surface area contributed by atoms with Gasteiger partial charge in [0.1, 0.15) is 12.2 Å². The van der Waals surface area contributed by atoms with Crippen molar-refractivity contribution in [3.8, 4) is 0 Å². The largest absolute Gasteiger partial charge is 0.472 e. The van der Waals surface area contributed by atoms with Crippen molar-refractivity contribution in [3.05, 3.63) is 0 Å². The van der Waals surface area contributed by atoms with Crippen LogP contribution in [0.1, 0.15) is 103 Å². The summed E-state index contributed by atoms with van der Waals surface area (Å²) in [6.45, 7) is 2.59. The minimum atomic E-state index is -4.19. The summed E-state index contributed by atoms with van der Waals surface area (Å²) >= 11 is 0. The van der Waals surface area contributed by atoms with Crippen molar-refractivity contribution in [2.75, 3.05) is 27.9 Å². The predicted octanol–water partition coefficient (Wildman–Crippen LogP) is 5.77. The summed E-state index contributed by atoms with van der Waals surface area (Å²) < 4.78 is 32.7. The Morgan fingerprint density at radius 2 is 1.41 bits per heavy atom. The first-order valence-corrected chi connectivity index (χ1v) is 14.8. The number of hydrogen-bond donors (Lipinski definition) is 2. The lowest BCUT2D eigenvalue weighted by atomic mass is 10.0. The minimum absolute atomic E-state index is 0.0223. The van der Waals surface area contributed by atoms with Crippen molar-refractivity contribution in [2.24, 2.45) is 5.92 Å². The summed E-state index contributed by atoms with van der Waals surface area (Å²) in [6, 6.07) is -0.304. The Morgan fingerprint density at radius 3 is 1.88 bits per heavy atom. The van der Waals surface area contributed by atoms with Crippen LogP contribution in [0.15, 0.2) is 0 Å². The third-order valence-corrected chi connectivity index (χ3v) is 7.71. The van der Waals surface area contributed by atoms with Crippen molar-refractivity contribution in [1.29, 1.82) is 0 Å². The molecular weight excluding hydrogens is 457 g/mol. The Kier molecular flexibility index (Phi) is 17.4. The van der Waals surface area contributed by atoms with Gasteiger partial charge in [0.2, 0.25) is 5.91 Å². The molecule has 2 N–H and O–H groups in total. The summed E-state index contributed by atoms with van der Waals surface area (Å²) in [7, 11) is 0.0102. The van der Waals surface area contributed by atoms with Gasteiger partial charge in [-0.05, 0) is 12.8 Å². The average molecular weight is 508 g/mol. The van der Waals surface area contributed by atoms with Gasteiger partial charge in [-0.3, -0.25) is 13.8 Å². The molecule has 0 bridgehead atoms. The highest BCUT2D eigenvalue weighted by Gasteiger charge is 2.48. The van der Waals surface area contributed by atoms with Crippen molar-refractivity contribution in [3.63, 3.8) is 0 Å². The number of phosphoric acid groups is 1. The Morgan fingerprint density at radius 1 is 0.882 bits per heavy atom. The van der Waals surface area contributed by atoms with E-state index in [1.165, 1.54) is 77.7 Å². The highest BCUT2D eigenvalue weighted by atomic mass is 31.2. The Labute approximate surface area is 207 Å². The van der Waals surface area contributed by atoms with E-state index >= 15 is 0 Å². The molecule has 1 saturated carbocycles. The fourth-order valence-electron chi connectivity index (χ4n) is 4.83. The van der Waals surface area contributed by atoms with E-state index < -0.39 is 20.0 Å². The first-order valence-electron chi connectivity index (χ1n) is 13.3. The fraction of sp³-hybridized carbons (Fsp3) is 0.960. The lowest BCUT2D eigenvalue weighted by Gasteiger charge is -2.27. The molecular formula is C25H50NO7P. The molecule has 0 heterocycles. The Bertz CT molecular complexity index is 577. The van der Waals surface area contributed by atoms with E-state index in [4.69, 9.17) is 14.0 Å². The normalized spacial score (nSPS) is 24.3. The number of hydrogen-bond acceptors (Lipinski definition) is 6. The maximum Gasteiger partial charge on any atom is 0.472 e. The molecule has 1 aliphatic rings. The van der Waals surface area contributed by atoms with Gasteiger partial charge >= 0.3 is 7.82 Å². The molecule has 0 aromatic carbocycles. The molecule has 0 aromatic rings. The number of ether oxygens (including phenoxy) is 2. The number of carbonyl (C=O) groups excluding carboxylic acids is 1. The smallest absolute Gasteiger partial charge is 0.384 e. The van der Waals surface area contributed by atoms with Gasteiger partial charge in [-0.25, -0.2) is 4.57 Å². The second-order valence-electron chi connectivity index (χ2n) is 9.54. The Hall–Kier alpha value is -0.500. The van der Waals surface area contributed by atoms with E-state index in [0.29, 0.717) is 19.4 Å². The zero-order valence-corrected chi connectivity index (χ0v) is 22.9. The van der Waals surface area contributed by atoms with Gasteiger partial charge in [0.15, 0.2) is 0 Å². The van der Waals surface area contributed by atoms with Gasteiger partial charge in [0.25, 0.3) is 0 Å². The molecule has 0 radical (unpaired) electrons. The van der Waals surface area contributed by atoms with E-state index in [-0.39, 0.29) is 17.9 Å². The maximum absolute atomic E-state index is 12.5. The molecule has 34 heavy (non-hydrogen) atoms. The van der Waals surface area contributed by atoms with Crippen LogP contribution < -0.4 is 5.32 Å². The van der Waals surface area contributed by atoms with Crippen LogP contribution in [0.2, 0.25) is 0 Å². The number of rotatable bonds is 21. The van der Waals surface area contributed by atoms with Crippen LogP contribution in [-0.4, -0.2) is 57.0 Å². The van der Waals surface area contributed by atoms with Crippen molar-refractivity contribution < 1.29 is 32.8 Å². The lowest BCUT2D eigenvalue weighted by molar-refractivity contribution is -0.123. The standard InChI is InChI=1S/C25H50NO7P/c1-5-6-7-8-9-10-11-12-13-14-15-16-17-18-23(27)26-22-19-21(20-30-2)24(25(22)31-3)33-34(28,29)32-4/h21-22,24-25H,5-20H2,1-4H3,(H,26,27)(H,28,29)/t21-,22-,24?,25-/m1/s1. The molecule has 1 fully saturated rings. The van der Waals surface area contributed by atoms with Gasteiger partial charge in [-0.15, -0.1) is 0 Å².